The van der Waals surface area contributed by atoms with Gasteiger partial charge in [0.2, 0.25) is 5.91 Å². The average Bonchev–Trinajstić information content (AvgIpc) is 2.45. The summed E-state index contributed by atoms with van der Waals surface area (Å²) in [4.78, 5) is 13.5. The summed E-state index contributed by atoms with van der Waals surface area (Å²) in [6.07, 6.45) is -4.32. The molecule has 1 aliphatic rings. The third-order valence-electron chi connectivity index (χ3n) is 3.77. The number of carbonyl (C=O) groups excluding carboxylic acids is 1. The molecule has 1 aromatic carbocycles. The van der Waals surface area contributed by atoms with Crippen LogP contribution in [-0.4, -0.2) is 43.2 Å². The largest absolute Gasteiger partial charge is 0.497 e. The molecule has 1 fully saturated rings. The Morgan fingerprint density at radius 1 is 1.43 bits per heavy atom. The first-order valence-electron chi connectivity index (χ1n) is 7.57. The summed E-state index contributed by atoms with van der Waals surface area (Å²) in [5.74, 6) is -0.180. The number of amides is 1. The lowest BCUT2D eigenvalue weighted by Gasteiger charge is -2.33. The number of hydrogen-bond acceptors (Lipinski definition) is 3. The van der Waals surface area contributed by atoms with Crippen molar-refractivity contribution in [2.75, 3.05) is 20.2 Å². The second-order valence-corrected chi connectivity index (χ2v) is 5.79. The van der Waals surface area contributed by atoms with Gasteiger partial charge in [0, 0.05) is 19.1 Å². The highest BCUT2D eigenvalue weighted by Gasteiger charge is 2.32. The second-order valence-electron chi connectivity index (χ2n) is 5.79. The molecule has 1 atom stereocenters. The Balaban J connectivity index is 1.86. The summed E-state index contributed by atoms with van der Waals surface area (Å²) in [6, 6.07) is 7.45. The molecule has 1 unspecified atom stereocenters. The SMILES string of the molecule is COc1cccc(CN2CCCC(NC(=O)CC(F)(F)F)C2)c1. The van der Waals surface area contributed by atoms with E-state index in [-0.39, 0.29) is 6.04 Å². The number of nitrogens with one attached hydrogen (secondary N) is 1. The molecule has 1 N–H and O–H groups in total. The van der Waals surface area contributed by atoms with Crippen molar-refractivity contribution >= 4 is 5.91 Å². The van der Waals surface area contributed by atoms with E-state index in [1.54, 1.807) is 7.11 Å². The first kappa shape index (κ1) is 17.6. The number of hydrogen-bond donors (Lipinski definition) is 1. The van der Waals surface area contributed by atoms with E-state index in [9.17, 15) is 18.0 Å². The third-order valence-corrected chi connectivity index (χ3v) is 3.77. The highest BCUT2D eigenvalue weighted by molar-refractivity contribution is 5.76. The van der Waals surface area contributed by atoms with E-state index in [0.29, 0.717) is 19.5 Å². The number of likely N-dealkylation sites (tertiary alicyclic amines) is 1. The monoisotopic (exact) mass is 330 g/mol. The Morgan fingerprint density at radius 2 is 2.22 bits per heavy atom. The Labute approximate surface area is 133 Å². The van der Waals surface area contributed by atoms with Crippen molar-refractivity contribution in [1.82, 2.24) is 10.2 Å². The van der Waals surface area contributed by atoms with Crippen LogP contribution >= 0.6 is 0 Å². The number of carbonyl (C=O) groups is 1. The first-order chi connectivity index (χ1) is 10.9. The smallest absolute Gasteiger partial charge is 0.397 e. The van der Waals surface area contributed by atoms with Gasteiger partial charge in [0.05, 0.1) is 7.11 Å². The molecule has 0 radical (unpaired) electrons. The first-order valence-corrected chi connectivity index (χ1v) is 7.57. The number of halogens is 3. The van der Waals surface area contributed by atoms with Crippen LogP contribution in [0.1, 0.15) is 24.8 Å². The van der Waals surface area contributed by atoms with Crippen LogP contribution in [-0.2, 0) is 11.3 Å². The average molecular weight is 330 g/mol. The van der Waals surface area contributed by atoms with Gasteiger partial charge >= 0.3 is 6.18 Å². The van der Waals surface area contributed by atoms with Gasteiger partial charge in [-0.05, 0) is 37.1 Å². The molecule has 1 amide bonds. The zero-order chi connectivity index (χ0) is 16.9. The molecule has 0 aliphatic carbocycles. The van der Waals surface area contributed by atoms with Gasteiger partial charge in [0.1, 0.15) is 12.2 Å². The van der Waals surface area contributed by atoms with Gasteiger partial charge in [-0.1, -0.05) is 12.1 Å². The molecule has 1 heterocycles. The van der Waals surface area contributed by atoms with Crippen LogP contribution in [0.15, 0.2) is 24.3 Å². The number of nitrogens with zero attached hydrogens (tertiary/aromatic N) is 1. The number of ether oxygens (including phenoxy) is 1. The Kier molecular flexibility index (Phi) is 5.87. The normalized spacial score (nSPS) is 19.4. The molecular formula is C16H21F3N2O2. The predicted octanol–water partition coefficient (Wildman–Crippen LogP) is 2.73. The molecule has 4 nitrogen and oxygen atoms in total. The highest BCUT2D eigenvalue weighted by atomic mass is 19.4. The predicted molar refractivity (Wildman–Crippen MR) is 80.1 cm³/mol. The Morgan fingerprint density at radius 3 is 2.91 bits per heavy atom. The van der Waals surface area contributed by atoms with Crippen LogP contribution in [0.5, 0.6) is 5.75 Å². The van der Waals surface area contributed by atoms with Crippen LogP contribution in [0, 0.1) is 0 Å². The van der Waals surface area contributed by atoms with Gasteiger partial charge in [0.25, 0.3) is 0 Å². The van der Waals surface area contributed by atoms with Gasteiger partial charge in [-0.3, -0.25) is 9.69 Å². The minimum absolute atomic E-state index is 0.232. The van der Waals surface area contributed by atoms with Crippen LogP contribution in [0.3, 0.4) is 0 Å². The van der Waals surface area contributed by atoms with Gasteiger partial charge < -0.3 is 10.1 Å². The Hall–Kier alpha value is -1.76. The number of alkyl halides is 3. The minimum atomic E-state index is -4.46. The zero-order valence-electron chi connectivity index (χ0n) is 13.0. The van der Waals surface area contributed by atoms with Crippen LogP contribution < -0.4 is 10.1 Å². The molecule has 128 valence electrons. The van der Waals surface area contributed by atoms with Crippen LogP contribution in [0.25, 0.3) is 0 Å². The maximum Gasteiger partial charge on any atom is 0.397 e. The van der Waals surface area contributed by atoms with Crippen molar-refractivity contribution in [2.24, 2.45) is 0 Å². The Bertz CT molecular complexity index is 534. The number of methoxy groups -OCH3 is 1. The number of benzene rings is 1. The zero-order valence-corrected chi connectivity index (χ0v) is 13.0. The summed E-state index contributed by atoms with van der Waals surface area (Å²) in [5, 5.41) is 2.49. The number of rotatable bonds is 5. The molecule has 2 rings (SSSR count). The van der Waals surface area contributed by atoms with E-state index < -0.39 is 18.5 Å². The van der Waals surface area contributed by atoms with E-state index in [2.05, 4.69) is 10.2 Å². The molecule has 1 aliphatic heterocycles. The molecule has 0 spiro atoms. The van der Waals surface area contributed by atoms with Gasteiger partial charge in [-0.25, -0.2) is 0 Å². The fourth-order valence-corrected chi connectivity index (χ4v) is 2.81. The molecule has 0 aromatic heterocycles. The maximum absolute atomic E-state index is 12.2. The standard InChI is InChI=1S/C16H21F3N2O2/c1-23-14-6-2-4-12(8-14)10-21-7-3-5-13(11-21)20-15(22)9-16(17,18)19/h2,4,6,8,13H,3,5,7,9-11H2,1H3,(H,20,22). The van der Waals surface area contributed by atoms with Crippen molar-refractivity contribution in [2.45, 2.75) is 38.0 Å². The third kappa shape index (κ3) is 6.09. The van der Waals surface area contributed by atoms with Crippen molar-refractivity contribution in [1.29, 1.82) is 0 Å². The maximum atomic E-state index is 12.2. The lowest BCUT2D eigenvalue weighted by molar-refractivity contribution is -0.154. The summed E-state index contributed by atoms with van der Waals surface area (Å²) >= 11 is 0. The lowest BCUT2D eigenvalue weighted by atomic mass is 10.0. The molecule has 23 heavy (non-hydrogen) atoms. The van der Waals surface area contributed by atoms with E-state index in [1.807, 2.05) is 24.3 Å². The fourth-order valence-electron chi connectivity index (χ4n) is 2.81. The minimum Gasteiger partial charge on any atom is -0.497 e. The molecule has 0 saturated carbocycles. The molecule has 0 bridgehead atoms. The summed E-state index contributed by atoms with van der Waals surface area (Å²) in [7, 11) is 1.60. The van der Waals surface area contributed by atoms with E-state index in [4.69, 9.17) is 4.74 Å². The summed E-state index contributed by atoms with van der Waals surface area (Å²) in [6.45, 7) is 2.10. The summed E-state index contributed by atoms with van der Waals surface area (Å²) < 4.78 is 41.8. The quantitative estimate of drug-likeness (QED) is 0.903. The topological polar surface area (TPSA) is 41.6 Å². The van der Waals surface area contributed by atoms with Crippen molar-refractivity contribution in [3.8, 4) is 5.75 Å². The second kappa shape index (κ2) is 7.68. The van der Waals surface area contributed by atoms with Crippen LogP contribution in [0.2, 0.25) is 0 Å². The van der Waals surface area contributed by atoms with Gasteiger partial charge in [0.15, 0.2) is 0 Å². The summed E-state index contributed by atoms with van der Waals surface area (Å²) in [5.41, 5.74) is 1.08. The van der Waals surface area contributed by atoms with Gasteiger partial charge in [-0.2, -0.15) is 13.2 Å². The van der Waals surface area contributed by atoms with Crippen molar-refractivity contribution in [3.63, 3.8) is 0 Å². The number of piperidine rings is 1. The van der Waals surface area contributed by atoms with Crippen LogP contribution in [0.4, 0.5) is 13.2 Å². The molecule has 1 saturated heterocycles. The fraction of sp³-hybridized carbons (Fsp3) is 0.562. The molecular weight excluding hydrogens is 309 g/mol. The van der Waals surface area contributed by atoms with Crippen molar-refractivity contribution in [3.05, 3.63) is 29.8 Å². The van der Waals surface area contributed by atoms with Gasteiger partial charge in [-0.15, -0.1) is 0 Å². The molecule has 1 aromatic rings. The highest BCUT2D eigenvalue weighted by Crippen LogP contribution is 2.20. The van der Waals surface area contributed by atoms with E-state index in [0.717, 1.165) is 24.3 Å². The van der Waals surface area contributed by atoms with Crippen molar-refractivity contribution < 1.29 is 22.7 Å². The lowest BCUT2D eigenvalue weighted by Crippen LogP contribution is -2.48. The molecule has 7 heteroatoms. The van der Waals surface area contributed by atoms with E-state index in [1.165, 1.54) is 0 Å². The van der Waals surface area contributed by atoms with E-state index >= 15 is 0 Å².